The summed E-state index contributed by atoms with van der Waals surface area (Å²) in [5, 5.41) is 12.3. The van der Waals surface area contributed by atoms with E-state index >= 15 is 0 Å². The number of nitrogens with zero attached hydrogens (tertiary/aromatic N) is 1. The molecule has 96 valence electrons. The van der Waals surface area contributed by atoms with Crippen LogP contribution in [-0.4, -0.2) is 6.26 Å². The maximum Gasteiger partial charge on any atom is 0.139 e. The second-order valence-electron chi connectivity index (χ2n) is 3.75. The molecule has 0 amide bonds. The number of hydrogen-bond donors (Lipinski definition) is 1. The normalized spacial score (nSPS) is 10.0. The van der Waals surface area contributed by atoms with Gasteiger partial charge in [-0.05, 0) is 52.5 Å². The van der Waals surface area contributed by atoms with E-state index < -0.39 is 0 Å². The molecule has 0 aromatic heterocycles. The Balaban J connectivity index is 2.38. The highest BCUT2D eigenvalue weighted by molar-refractivity contribution is 9.10. The molecule has 19 heavy (non-hydrogen) atoms. The van der Waals surface area contributed by atoms with Crippen molar-refractivity contribution in [2.75, 3.05) is 11.6 Å². The summed E-state index contributed by atoms with van der Waals surface area (Å²) >= 11 is 4.61. The molecule has 0 saturated carbocycles. The molecular weight excluding hydrogens is 327 g/mol. The van der Waals surface area contributed by atoms with Crippen LogP contribution in [0.5, 0.6) is 0 Å². The van der Waals surface area contributed by atoms with Crippen molar-refractivity contribution in [1.82, 2.24) is 0 Å². The summed E-state index contributed by atoms with van der Waals surface area (Å²) < 4.78 is 13.9. The Kier molecular flexibility index (Phi) is 4.46. The van der Waals surface area contributed by atoms with Gasteiger partial charge in [-0.1, -0.05) is 6.07 Å². The van der Waals surface area contributed by atoms with Gasteiger partial charge in [0.25, 0.3) is 0 Å². The molecule has 0 saturated heterocycles. The van der Waals surface area contributed by atoms with Crippen LogP contribution in [-0.2, 0) is 0 Å². The van der Waals surface area contributed by atoms with Crippen LogP contribution in [0.2, 0.25) is 0 Å². The zero-order valence-electron chi connectivity index (χ0n) is 10.1. The van der Waals surface area contributed by atoms with Crippen LogP contribution in [0.1, 0.15) is 5.56 Å². The fourth-order valence-corrected chi connectivity index (χ4v) is 2.47. The Bertz CT molecular complexity index is 652. The maximum atomic E-state index is 13.5. The third-order valence-corrected chi connectivity index (χ3v) is 3.98. The minimum Gasteiger partial charge on any atom is -0.354 e. The van der Waals surface area contributed by atoms with Gasteiger partial charge in [0.15, 0.2) is 0 Å². The fourth-order valence-electron chi connectivity index (χ4n) is 1.65. The van der Waals surface area contributed by atoms with Gasteiger partial charge in [-0.15, -0.1) is 11.8 Å². The van der Waals surface area contributed by atoms with Crippen LogP contribution < -0.4 is 5.32 Å². The molecule has 0 aliphatic carbocycles. The Labute approximate surface area is 123 Å². The van der Waals surface area contributed by atoms with E-state index in [1.165, 1.54) is 17.8 Å². The van der Waals surface area contributed by atoms with Gasteiger partial charge in [0.05, 0.1) is 15.7 Å². The average molecular weight is 337 g/mol. The van der Waals surface area contributed by atoms with Crippen LogP contribution in [0, 0.1) is 17.1 Å². The van der Waals surface area contributed by atoms with E-state index in [2.05, 4.69) is 27.3 Å². The number of anilines is 2. The minimum atomic E-state index is -0.343. The summed E-state index contributed by atoms with van der Waals surface area (Å²) in [7, 11) is 0. The van der Waals surface area contributed by atoms with E-state index in [0.717, 1.165) is 4.90 Å². The molecule has 0 bridgehead atoms. The van der Waals surface area contributed by atoms with Crippen LogP contribution >= 0.6 is 27.7 Å². The van der Waals surface area contributed by atoms with Crippen LogP contribution in [0.3, 0.4) is 0 Å². The number of benzene rings is 2. The smallest absolute Gasteiger partial charge is 0.139 e. The van der Waals surface area contributed by atoms with E-state index in [9.17, 15) is 9.65 Å². The lowest BCUT2D eigenvalue weighted by atomic mass is 10.2. The zero-order valence-corrected chi connectivity index (χ0v) is 12.5. The average Bonchev–Trinajstić information content (AvgIpc) is 2.42. The highest BCUT2D eigenvalue weighted by Gasteiger charge is 2.08. The van der Waals surface area contributed by atoms with Gasteiger partial charge in [-0.3, -0.25) is 0 Å². The summed E-state index contributed by atoms with van der Waals surface area (Å²) in [6.07, 6.45) is 1.92. The Morgan fingerprint density at radius 3 is 2.74 bits per heavy atom. The summed E-state index contributed by atoms with van der Waals surface area (Å²) in [5.74, 6) is -0.343. The zero-order chi connectivity index (χ0) is 13.8. The molecule has 0 heterocycles. The summed E-state index contributed by atoms with van der Waals surface area (Å²) in [6.45, 7) is 0. The van der Waals surface area contributed by atoms with Crippen molar-refractivity contribution in [3.05, 3.63) is 52.3 Å². The van der Waals surface area contributed by atoms with Crippen LogP contribution in [0.25, 0.3) is 0 Å². The van der Waals surface area contributed by atoms with E-state index in [1.807, 2.05) is 18.4 Å². The first kappa shape index (κ1) is 13.9. The van der Waals surface area contributed by atoms with E-state index in [4.69, 9.17) is 0 Å². The standard InChI is InChI=1S/C14H10BrFN2S/c1-19-14-4-2-3-13(10(14)8-17)18-9-5-6-11(15)12(16)7-9/h2-7,18H,1H3. The van der Waals surface area contributed by atoms with Crippen molar-refractivity contribution in [3.8, 4) is 6.07 Å². The number of nitrogens with one attached hydrogen (secondary N) is 1. The van der Waals surface area contributed by atoms with Gasteiger partial charge >= 0.3 is 0 Å². The number of thioether (sulfide) groups is 1. The monoisotopic (exact) mass is 336 g/mol. The molecule has 0 aliphatic heterocycles. The Morgan fingerprint density at radius 2 is 2.11 bits per heavy atom. The molecule has 0 radical (unpaired) electrons. The van der Waals surface area contributed by atoms with E-state index in [-0.39, 0.29) is 5.82 Å². The van der Waals surface area contributed by atoms with E-state index in [0.29, 0.717) is 21.4 Å². The largest absolute Gasteiger partial charge is 0.354 e. The van der Waals surface area contributed by atoms with Crippen molar-refractivity contribution >= 4 is 39.1 Å². The highest BCUT2D eigenvalue weighted by Crippen LogP contribution is 2.29. The molecule has 0 spiro atoms. The van der Waals surface area contributed by atoms with Gasteiger partial charge in [0.1, 0.15) is 11.9 Å². The van der Waals surface area contributed by atoms with Gasteiger partial charge in [-0.2, -0.15) is 5.26 Å². The van der Waals surface area contributed by atoms with Crippen molar-refractivity contribution in [3.63, 3.8) is 0 Å². The van der Waals surface area contributed by atoms with Gasteiger partial charge < -0.3 is 5.32 Å². The van der Waals surface area contributed by atoms with Crippen molar-refractivity contribution < 1.29 is 4.39 Å². The van der Waals surface area contributed by atoms with Crippen molar-refractivity contribution in [2.45, 2.75) is 4.90 Å². The highest BCUT2D eigenvalue weighted by atomic mass is 79.9. The van der Waals surface area contributed by atoms with Crippen molar-refractivity contribution in [2.24, 2.45) is 0 Å². The summed E-state index contributed by atoms with van der Waals surface area (Å²) in [4.78, 5) is 0.894. The second kappa shape index (κ2) is 6.09. The number of hydrogen-bond acceptors (Lipinski definition) is 3. The first-order valence-electron chi connectivity index (χ1n) is 5.45. The molecular formula is C14H10BrFN2S. The molecule has 5 heteroatoms. The van der Waals surface area contributed by atoms with Crippen LogP contribution in [0.4, 0.5) is 15.8 Å². The SMILES string of the molecule is CSc1cccc(Nc2ccc(Br)c(F)c2)c1C#N. The number of halogens is 2. The molecule has 0 atom stereocenters. The second-order valence-corrected chi connectivity index (χ2v) is 5.45. The molecule has 0 unspecified atom stereocenters. The first-order chi connectivity index (χ1) is 9.15. The molecule has 0 aliphatic rings. The quantitative estimate of drug-likeness (QED) is 0.807. The van der Waals surface area contributed by atoms with E-state index in [1.54, 1.807) is 18.2 Å². The molecule has 2 rings (SSSR count). The minimum absolute atomic E-state index is 0.343. The molecule has 2 aromatic carbocycles. The number of nitriles is 1. The third-order valence-electron chi connectivity index (χ3n) is 2.56. The lowest BCUT2D eigenvalue weighted by molar-refractivity contribution is 0.622. The molecule has 0 fully saturated rings. The lowest BCUT2D eigenvalue weighted by Crippen LogP contribution is -1.95. The topological polar surface area (TPSA) is 35.8 Å². The predicted octanol–water partition coefficient (Wildman–Crippen LogP) is 4.93. The molecule has 2 nitrogen and oxygen atoms in total. The third kappa shape index (κ3) is 3.09. The molecule has 1 N–H and O–H groups in total. The predicted molar refractivity (Wildman–Crippen MR) is 80.3 cm³/mol. The van der Waals surface area contributed by atoms with Gasteiger partial charge in [-0.25, -0.2) is 4.39 Å². The van der Waals surface area contributed by atoms with Gasteiger partial charge in [0, 0.05) is 10.6 Å². The van der Waals surface area contributed by atoms with Gasteiger partial charge in [0.2, 0.25) is 0 Å². The summed E-state index contributed by atoms with van der Waals surface area (Å²) in [6, 6.07) is 12.5. The summed E-state index contributed by atoms with van der Waals surface area (Å²) in [5.41, 5.74) is 1.85. The Hall–Kier alpha value is -1.51. The first-order valence-corrected chi connectivity index (χ1v) is 7.46. The molecule has 2 aromatic rings. The fraction of sp³-hybridized carbons (Fsp3) is 0.0714. The van der Waals surface area contributed by atoms with Crippen LogP contribution in [0.15, 0.2) is 45.8 Å². The Morgan fingerprint density at radius 1 is 1.32 bits per heavy atom. The lowest BCUT2D eigenvalue weighted by Gasteiger charge is -2.11. The number of rotatable bonds is 3. The maximum absolute atomic E-state index is 13.5. The van der Waals surface area contributed by atoms with Crippen molar-refractivity contribution in [1.29, 1.82) is 5.26 Å².